The van der Waals surface area contributed by atoms with Crippen molar-refractivity contribution in [2.45, 2.75) is 19.4 Å². The van der Waals surface area contributed by atoms with Crippen LogP contribution in [0.5, 0.6) is 0 Å². The van der Waals surface area contributed by atoms with Crippen LogP contribution in [-0.2, 0) is 9.53 Å². The number of rotatable bonds is 3. The molecular weight excluding hydrogens is 280 g/mol. The van der Waals surface area contributed by atoms with Gasteiger partial charge in [0.2, 0.25) is 5.91 Å². The van der Waals surface area contributed by atoms with Gasteiger partial charge in [-0.15, -0.1) is 0 Å². The van der Waals surface area contributed by atoms with Gasteiger partial charge in [0.05, 0.1) is 24.3 Å². The van der Waals surface area contributed by atoms with E-state index in [0.29, 0.717) is 16.3 Å². The first-order valence-corrected chi connectivity index (χ1v) is 6.83. The second kappa shape index (κ2) is 6.24. The van der Waals surface area contributed by atoms with Crippen molar-refractivity contribution in [1.82, 2.24) is 5.32 Å². The summed E-state index contributed by atoms with van der Waals surface area (Å²) in [5.41, 5.74) is 0.678. The van der Waals surface area contributed by atoms with Crippen LogP contribution in [0.2, 0.25) is 5.02 Å². The van der Waals surface area contributed by atoms with Crippen molar-refractivity contribution in [3.63, 3.8) is 0 Å². The fourth-order valence-electron chi connectivity index (χ4n) is 2.35. The van der Waals surface area contributed by atoms with Crippen LogP contribution in [0.15, 0.2) is 18.2 Å². The molecule has 1 aliphatic heterocycles. The molecule has 0 aliphatic carbocycles. The number of nitrogens with one attached hydrogen (secondary N) is 2. The molecule has 2 N–H and O–H groups in total. The number of methoxy groups -OCH3 is 1. The summed E-state index contributed by atoms with van der Waals surface area (Å²) in [5, 5.41) is 6.44. The van der Waals surface area contributed by atoms with Gasteiger partial charge < -0.3 is 15.4 Å². The monoisotopic (exact) mass is 296 g/mol. The number of hydrogen-bond acceptors (Lipinski definition) is 4. The predicted molar refractivity (Wildman–Crippen MR) is 77.0 cm³/mol. The predicted octanol–water partition coefficient (Wildman–Crippen LogP) is 2.06. The van der Waals surface area contributed by atoms with Crippen molar-refractivity contribution in [1.29, 1.82) is 0 Å². The summed E-state index contributed by atoms with van der Waals surface area (Å²) in [4.78, 5) is 23.9. The first-order chi connectivity index (χ1) is 9.52. The van der Waals surface area contributed by atoms with E-state index in [1.54, 1.807) is 18.2 Å². The molecule has 1 amide bonds. The largest absolute Gasteiger partial charge is 0.465 e. The van der Waals surface area contributed by atoms with Crippen molar-refractivity contribution < 1.29 is 14.3 Å². The lowest BCUT2D eigenvalue weighted by Gasteiger charge is -2.16. The van der Waals surface area contributed by atoms with Crippen molar-refractivity contribution in [2.24, 2.45) is 5.92 Å². The minimum Gasteiger partial charge on any atom is -0.465 e. The second-order valence-electron chi connectivity index (χ2n) is 4.81. The maximum absolute atomic E-state index is 12.3. The minimum atomic E-state index is -0.505. The normalized spacial score (nSPS) is 21.6. The molecule has 20 heavy (non-hydrogen) atoms. The molecule has 6 heteroatoms. The Balaban J connectivity index is 2.21. The van der Waals surface area contributed by atoms with Gasteiger partial charge in [0, 0.05) is 11.1 Å². The van der Waals surface area contributed by atoms with Crippen LogP contribution in [0.25, 0.3) is 0 Å². The molecule has 1 aromatic carbocycles. The molecule has 0 saturated carbocycles. The van der Waals surface area contributed by atoms with Crippen LogP contribution in [0.1, 0.15) is 23.7 Å². The molecule has 1 fully saturated rings. The fourth-order valence-corrected chi connectivity index (χ4v) is 2.52. The molecule has 0 radical (unpaired) electrons. The van der Waals surface area contributed by atoms with Crippen molar-refractivity contribution >= 4 is 29.2 Å². The van der Waals surface area contributed by atoms with Crippen molar-refractivity contribution in [2.75, 3.05) is 19.0 Å². The third-order valence-electron chi connectivity index (χ3n) is 3.51. The first kappa shape index (κ1) is 14.8. The molecule has 0 bridgehead atoms. The van der Waals surface area contributed by atoms with Gasteiger partial charge in [0.1, 0.15) is 0 Å². The molecule has 1 heterocycles. The number of carbonyl (C=O) groups is 2. The van der Waals surface area contributed by atoms with Gasteiger partial charge in [-0.3, -0.25) is 4.79 Å². The van der Waals surface area contributed by atoms with Gasteiger partial charge >= 0.3 is 5.97 Å². The zero-order valence-electron chi connectivity index (χ0n) is 11.4. The number of anilines is 1. The lowest BCUT2D eigenvalue weighted by atomic mass is 10.0. The number of ether oxygens (including phenoxy) is 1. The highest BCUT2D eigenvalue weighted by Crippen LogP contribution is 2.24. The zero-order chi connectivity index (χ0) is 14.7. The van der Waals surface area contributed by atoms with E-state index in [9.17, 15) is 9.59 Å². The van der Waals surface area contributed by atoms with E-state index >= 15 is 0 Å². The third-order valence-corrected chi connectivity index (χ3v) is 3.74. The zero-order valence-corrected chi connectivity index (χ0v) is 12.2. The number of amides is 1. The van der Waals surface area contributed by atoms with Crippen LogP contribution in [0.3, 0.4) is 0 Å². The Labute approximate surface area is 122 Å². The summed E-state index contributed by atoms with van der Waals surface area (Å²) in [6, 6.07) is 4.80. The molecule has 0 spiro atoms. The van der Waals surface area contributed by atoms with E-state index in [1.807, 2.05) is 6.92 Å². The lowest BCUT2D eigenvalue weighted by molar-refractivity contribution is -0.120. The Hall–Kier alpha value is -1.59. The first-order valence-electron chi connectivity index (χ1n) is 6.45. The van der Waals surface area contributed by atoms with Gasteiger partial charge in [-0.25, -0.2) is 4.79 Å². The number of benzene rings is 1. The number of esters is 1. The third kappa shape index (κ3) is 3.11. The number of halogens is 1. The topological polar surface area (TPSA) is 67.4 Å². The van der Waals surface area contributed by atoms with Gasteiger partial charge in [0.25, 0.3) is 0 Å². The highest BCUT2D eigenvalue weighted by atomic mass is 35.5. The molecule has 2 unspecified atom stereocenters. The van der Waals surface area contributed by atoms with E-state index < -0.39 is 5.97 Å². The summed E-state index contributed by atoms with van der Waals surface area (Å²) in [6.45, 7) is 2.79. The van der Waals surface area contributed by atoms with Crippen LogP contribution < -0.4 is 10.6 Å². The Morgan fingerprint density at radius 3 is 2.80 bits per heavy atom. The van der Waals surface area contributed by atoms with Crippen molar-refractivity contribution in [3.05, 3.63) is 28.8 Å². The van der Waals surface area contributed by atoms with Crippen LogP contribution >= 0.6 is 11.6 Å². The van der Waals surface area contributed by atoms with E-state index in [1.165, 1.54) is 7.11 Å². The van der Waals surface area contributed by atoms with E-state index in [0.717, 1.165) is 13.0 Å². The van der Waals surface area contributed by atoms with Gasteiger partial charge in [-0.2, -0.15) is 0 Å². The van der Waals surface area contributed by atoms with E-state index in [2.05, 4.69) is 10.6 Å². The SMILES string of the molecule is COC(=O)c1ccc(Cl)cc1NC(=O)C1CCNC1C. The molecule has 1 aliphatic rings. The Bertz CT molecular complexity index is 533. The Kier molecular flexibility index (Phi) is 4.62. The average molecular weight is 297 g/mol. The molecule has 1 aromatic rings. The molecule has 5 nitrogen and oxygen atoms in total. The standard InChI is InChI=1S/C14H17ClN2O3/c1-8-10(5-6-16-8)13(18)17-12-7-9(15)3-4-11(12)14(19)20-2/h3-4,7-8,10,16H,5-6H2,1-2H3,(H,17,18). The Morgan fingerprint density at radius 1 is 1.45 bits per heavy atom. The maximum atomic E-state index is 12.3. The van der Waals surface area contributed by atoms with E-state index in [4.69, 9.17) is 16.3 Å². The lowest BCUT2D eigenvalue weighted by Crippen LogP contribution is -2.32. The van der Waals surface area contributed by atoms with Crippen LogP contribution in [-0.4, -0.2) is 31.6 Å². The van der Waals surface area contributed by atoms with Gasteiger partial charge in [-0.05, 0) is 38.1 Å². The summed E-state index contributed by atoms with van der Waals surface area (Å²) in [7, 11) is 1.30. The molecule has 0 aromatic heterocycles. The maximum Gasteiger partial charge on any atom is 0.339 e. The Morgan fingerprint density at radius 2 is 2.20 bits per heavy atom. The molecule has 1 saturated heterocycles. The smallest absolute Gasteiger partial charge is 0.339 e. The number of carbonyl (C=O) groups excluding carboxylic acids is 2. The van der Waals surface area contributed by atoms with Crippen LogP contribution in [0, 0.1) is 5.92 Å². The van der Waals surface area contributed by atoms with Gasteiger partial charge in [-0.1, -0.05) is 11.6 Å². The fraction of sp³-hybridized carbons (Fsp3) is 0.429. The van der Waals surface area contributed by atoms with Crippen LogP contribution in [0.4, 0.5) is 5.69 Å². The molecule has 2 atom stereocenters. The number of hydrogen-bond donors (Lipinski definition) is 2. The summed E-state index contributed by atoms with van der Waals surface area (Å²) in [6.07, 6.45) is 0.779. The second-order valence-corrected chi connectivity index (χ2v) is 5.25. The average Bonchev–Trinajstić information content (AvgIpc) is 2.84. The summed E-state index contributed by atoms with van der Waals surface area (Å²) >= 11 is 5.92. The summed E-state index contributed by atoms with van der Waals surface area (Å²) < 4.78 is 4.70. The van der Waals surface area contributed by atoms with E-state index in [-0.39, 0.29) is 17.9 Å². The highest BCUT2D eigenvalue weighted by Gasteiger charge is 2.30. The molecular formula is C14H17ClN2O3. The highest BCUT2D eigenvalue weighted by molar-refractivity contribution is 6.31. The molecule has 2 rings (SSSR count). The molecule has 108 valence electrons. The van der Waals surface area contributed by atoms with Gasteiger partial charge in [0.15, 0.2) is 0 Å². The quantitative estimate of drug-likeness (QED) is 0.838. The summed E-state index contributed by atoms with van der Waals surface area (Å²) in [5.74, 6) is -0.732. The van der Waals surface area contributed by atoms with Crippen molar-refractivity contribution in [3.8, 4) is 0 Å². The minimum absolute atomic E-state index is 0.112.